The fourth-order valence-corrected chi connectivity index (χ4v) is 3.13. The molecule has 0 aliphatic heterocycles. The van der Waals surface area contributed by atoms with Crippen molar-refractivity contribution in [1.29, 1.82) is 0 Å². The molecule has 0 saturated heterocycles. The molecule has 0 aliphatic rings. The van der Waals surface area contributed by atoms with Crippen LogP contribution in [0.3, 0.4) is 0 Å². The van der Waals surface area contributed by atoms with Gasteiger partial charge in [0.15, 0.2) is 0 Å². The number of amides is 1. The molecule has 1 heterocycles. The molecule has 0 fully saturated rings. The molecule has 26 heavy (non-hydrogen) atoms. The Kier molecular flexibility index (Phi) is 7.18. The Hall–Kier alpha value is -2.37. The van der Waals surface area contributed by atoms with Gasteiger partial charge in [0.25, 0.3) is 5.56 Å². The molecule has 0 atom stereocenters. The molecule has 0 radical (unpaired) electrons. The van der Waals surface area contributed by atoms with Crippen LogP contribution in [0.25, 0.3) is 10.9 Å². The Morgan fingerprint density at radius 1 is 1.04 bits per heavy atom. The number of nitrogens with one attached hydrogen (secondary N) is 1. The zero-order valence-corrected chi connectivity index (χ0v) is 16.0. The highest BCUT2D eigenvalue weighted by molar-refractivity contribution is 5.82. The maximum Gasteiger partial charge on any atom is 0.331 e. The Labute approximate surface area is 153 Å². The summed E-state index contributed by atoms with van der Waals surface area (Å²) in [5.74, 6) is -0.301. The number of benzene rings is 1. The standard InChI is InChI=1S/C20H29N3O3/c1-4-6-8-13-22-18-15(3)10-9-11-16(18)19(25)23(20(22)26)14-17(24)21-12-7-5-2/h9-11H,4-8,12-14H2,1-3H3,(H,21,24). The molecule has 142 valence electrons. The molecule has 0 bridgehead atoms. The summed E-state index contributed by atoms with van der Waals surface area (Å²) in [5.41, 5.74) is 0.776. The topological polar surface area (TPSA) is 73.1 Å². The van der Waals surface area contributed by atoms with E-state index >= 15 is 0 Å². The van der Waals surface area contributed by atoms with Crippen LogP contribution < -0.4 is 16.6 Å². The van der Waals surface area contributed by atoms with Gasteiger partial charge in [-0.05, 0) is 31.4 Å². The Morgan fingerprint density at radius 3 is 2.46 bits per heavy atom. The lowest BCUT2D eigenvalue weighted by Crippen LogP contribution is -2.44. The second kappa shape index (κ2) is 9.36. The van der Waals surface area contributed by atoms with Crippen LogP contribution in [-0.4, -0.2) is 21.6 Å². The lowest BCUT2D eigenvalue weighted by Gasteiger charge is -2.15. The summed E-state index contributed by atoms with van der Waals surface area (Å²) >= 11 is 0. The van der Waals surface area contributed by atoms with Gasteiger partial charge in [-0.2, -0.15) is 0 Å². The Morgan fingerprint density at radius 2 is 1.77 bits per heavy atom. The van der Waals surface area contributed by atoms with Gasteiger partial charge in [0, 0.05) is 13.1 Å². The summed E-state index contributed by atoms with van der Waals surface area (Å²) in [7, 11) is 0. The monoisotopic (exact) mass is 359 g/mol. The van der Waals surface area contributed by atoms with E-state index < -0.39 is 11.2 Å². The largest absolute Gasteiger partial charge is 0.355 e. The van der Waals surface area contributed by atoms with Crippen LogP contribution in [0.15, 0.2) is 27.8 Å². The highest BCUT2D eigenvalue weighted by Gasteiger charge is 2.16. The van der Waals surface area contributed by atoms with Gasteiger partial charge in [0.1, 0.15) is 6.54 Å². The maximum atomic E-state index is 13.0. The molecule has 0 saturated carbocycles. The van der Waals surface area contributed by atoms with Crippen molar-refractivity contribution in [3.05, 3.63) is 44.6 Å². The number of unbranched alkanes of at least 4 members (excludes halogenated alkanes) is 3. The summed E-state index contributed by atoms with van der Waals surface area (Å²) in [6, 6.07) is 5.44. The summed E-state index contributed by atoms with van der Waals surface area (Å²) in [6.07, 6.45) is 4.76. The summed E-state index contributed by atoms with van der Waals surface area (Å²) in [6.45, 7) is 6.91. The number of hydrogen-bond acceptors (Lipinski definition) is 3. The molecule has 1 N–H and O–H groups in total. The van der Waals surface area contributed by atoms with Crippen molar-refractivity contribution >= 4 is 16.8 Å². The predicted molar refractivity (Wildman–Crippen MR) is 105 cm³/mol. The Balaban J connectivity index is 2.48. The normalized spacial score (nSPS) is 11.0. The lowest BCUT2D eigenvalue weighted by atomic mass is 10.1. The summed E-state index contributed by atoms with van der Waals surface area (Å²) in [5, 5.41) is 3.26. The first kappa shape index (κ1) is 19.9. The highest BCUT2D eigenvalue weighted by atomic mass is 16.2. The van der Waals surface area contributed by atoms with Crippen molar-refractivity contribution in [2.45, 2.75) is 66.0 Å². The smallest absolute Gasteiger partial charge is 0.331 e. The quantitative estimate of drug-likeness (QED) is 0.700. The van der Waals surface area contributed by atoms with E-state index in [1.54, 1.807) is 10.6 Å². The average Bonchev–Trinajstić information content (AvgIpc) is 2.62. The molecule has 6 nitrogen and oxygen atoms in total. The third-order valence-electron chi connectivity index (χ3n) is 4.58. The molecule has 1 aromatic heterocycles. The molecule has 1 amide bonds. The number of carbonyl (C=O) groups is 1. The fraction of sp³-hybridized carbons (Fsp3) is 0.550. The second-order valence-electron chi connectivity index (χ2n) is 6.71. The SMILES string of the molecule is CCCCCn1c(=O)n(CC(=O)NCCCC)c(=O)c2cccc(C)c21. The van der Waals surface area contributed by atoms with Crippen molar-refractivity contribution in [3.63, 3.8) is 0 Å². The van der Waals surface area contributed by atoms with E-state index in [0.29, 0.717) is 24.0 Å². The summed E-state index contributed by atoms with van der Waals surface area (Å²) in [4.78, 5) is 37.9. The number of fused-ring (bicyclic) bond motifs is 1. The number of hydrogen-bond donors (Lipinski definition) is 1. The van der Waals surface area contributed by atoms with Gasteiger partial charge in [-0.1, -0.05) is 45.2 Å². The molecule has 0 spiro atoms. The van der Waals surface area contributed by atoms with Crippen LogP contribution in [-0.2, 0) is 17.9 Å². The predicted octanol–water partition coefficient (Wildman–Crippen LogP) is 2.58. The van der Waals surface area contributed by atoms with Crippen LogP contribution in [0.1, 0.15) is 51.5 Å². The van der Waals surface area contributed by atoms with E-state index in [1.807, 2.05) is 26.0 Å². The van der Waals surface area contributed by atoms with Gasteiger partial charge < -0.3 is 5.32 Å². The van der Waals surface area contributed by atoms with Crippen molar-refractivity contribution < 1.29 is 4.79 Å². The molecule has 6 heteroatoms. The third-order valence-corrected chi connectivity index (χ3v) is 4.58. The van der Waals surface area contributed by atoms with Crippen molar-refractivity contribution in [3.8, 4) is 0 Å². The van der Waals surface area contributed by atoms with Gasteiger partial charge in [0.05, 0.1) is 10.9 Å². The molecule has 2 aromatic rings. The van der Waals surface area contributed by atoms with Gasteiger partial charge >= 0.3 is 5.69 Å². The van der Waals surface area contributed by atoms with Gasteiger partial charge in [-0.25, -0.2) is 4.79 Å². The Bertz CT molecular complexity index is 880. The van der Waals surface area contributed by atoms with Crippen LogP contribution >= 0.6 is 0 Å². The van der Waals surface area contributed by atoms with E-state index in [4.69, 9.17) is 0 Å². The molecular formula is C20H29N3O3. The maximum absolute atomic E-state index is 13.0. The van der Waals surface area contributed by atoms with Crippen LogP contribution in [0.2, 0.25) is 0 Å². The zero-order valence-electron chi connectivity index (χ0n) is 16.0. The third kappa shape index (κ3) is 4.42. The minimum absolute atomic E-state index is 0.237. The molecule has 0 aliphatic carbocycles. The average molecular weight is 359 g/mol. The van der Waals surface area contributed by atoms with Crippen molar-refractivity contribution in [2.24, 2.45) is 0 Å². The number of carbonyl (C=O) groups excluding carboxylic acids is 1. The van der Waals surface area contributed by atoms with Crippen molar-refractivity contribution in [1.82, 2.24) is 14.5 Å². The number of aryl methyl sites for hydroxylation is 2. The van der Waals surface area contributed by atoms with Gasteiger partial charge in [0.2, 0.25) is 5.91 Å². The highest BCUT2D eigenvalue weighted by Crippen LogP contribution is 2.14. The molecule has 2 rings (SSSR count). The van der Waals surface area contributed by atoms with E-state index in [-0.39, 0.29) is 12.5 Å². The first-order valence-corrected chi connectivity index (χ1v) is 9.50. The van der Waals surface area contributed by atoms with E-state index in [9.17, 15) is 14.4 Å². The minimum Gasteiger partial charge on any atom is -0.355 e. The van der Waals surface area contributed by atoms with Crippen LogP contribution in [0.5, 0.6) is 0 Å². The summed E-state index contributed by atoms with van der Waals surface area (Å²) < 4.78 is 2.72. The first-order valence-electron chi connectivity index (χ1n) is 9.50. The van der Waals surface area contributed by atoms with E-state index in [1.165, 1.54) is 0 Å². The number of aromatic nitrogens is 2. The number of rotatable bonds is 9. The van der Waals surface area contributed by atoms with Gasteiger partial charge in [-0.15, -0.1) is 0 Å². The number of para-hydroxylation sites is 1. The van der Waals surface area contributed by atoms with Crippen LogP contribution in [0, 0.1) is 6.92 Å². The lowest BCUT2D eigenvalue weighted by molar-refractivity contribution is -0.121. The second-order valence-corrected chi connectivity index (χ2v) is 6.71. The van der Waals surface area contributed by atoms with E-state index in [0.717, 1.165) is 42.2 Å². The van der Waals surface area contributed by atoms with Crippen molar-refractivity contribution in [2.75, 3.05) is 6.54 Å². The molecule has 1 aromatic carbocycles. The molecule has 0 unspecified atom stereocenters. The van der Waals surface area contributed by atoms with Gasteiger partial charge in [-0.3, -0.25) is 18.7 Å². The zero-order chi connectivity index (χ0) is 19.1. The molecular weight excluding hydrogens is 330 g/mol. The fourth-order valence-electron chi connectivity index (χ4n) is 3.13. The van der Waals surface area contributed by atoms with Crippen LogP contribution in [0.4, 0.5) is 0 Å². The first-order chi connectivity index (χ1) is 12.5. The van der Waals surface area contributed by atoms with E-state index in [2.05, 4.69) is 12.2 Å². The number of nitrogens with zero attached hydrogens (tertiary/aromatic N) is 2. The minimum atomic E-state index is -0.404.